The predicted molar refractivity (Wildman–Crippen MR) is 123 cm³/mol. The van der Waals surface area contributed by atoms with Crippen molar-refractivity contribution in [2.45, 2.75) is 11.8 Å². The highest BCUT2D eigenvalue weighted by molar-refractivity contribution is 7.89. The third-order valence-corrected chi connectivity index (χ3v) is 7.55. The Morgan fingerprint density at radius 3 is 2.21 bits per heavy atom. The molecular weight excluding hydrogens is 447 g/mol. The van der Waals surface area contributed by atoms with Crippen LogP contribution in [0.4, 0.5) is 10.2 Å². The molecule has 0 atom stereocenters. The highest BCUT2D eigenvalue weighted by Crippen LogP contribution is 2.31. The Labute approximate surface area is 192 Å². The molecule has 2 aromatic carbocycles. The van der Waals surface area contributed by atoms with Crippen LogP contribution >= 0.6 is 0 Å². The monoisotopic (exact) mass is 472 g/mol. The van der Waals surface area contributed by atoms with E-state index in [1.807, 2.05) is 35.2 Å². The second-order valence-corrected chi connectivity index (χ2v) is 9.59. The average molecular weight is 473 g/mol. The molecule has 0 amide bonds. The summed E-state index contributed by atoms with van der Waals surface area (Å²) in [6.45, 7) is 3.11. The topological polar surface area (TPSA) is 84.9 Å². The third kappa shape index (κ3) is 4.62. The van der Waals surface area contributed by atoms with Crippen LogP contribution in [0.5, 0.6) is 11.5 Å². The molecule has 1 aliphatic rings. The minimum Gasteiger partial charge on any atom is -0.493 e. The van der Waals surface area contributed by atoms with Gasteiger partial charge in [0.15, 0.2) is 17.3 Å². The molecule has 4 rings (SSSR count). The van der Waals surface area contributed by atoms with Gasteiger partial charge in [0.05, 0.1) is 24.8 Å². The van der Waals surface area contributed by atoms with E-state index in [9.17, 15) is 12.8 Å². The van der Waals surface area contributed by atoms with E-state index in [1.165, 1.54) is 22.5 Å². The summed E-state index contributed by atoms with van der Waals surface area (Å²) in [6.07, 6.45) is 0. The second kappa shape index (κ2) is 9.32. The van der Waals surface area contributed by atoms with Gasteiger partial charge >= 0.3 is 0 Å². The first-order valence-corrected chi connectivity index (χ1v) is 11.8. The zero-order chi connectivity index (χ0) is 23.6. The first-order chi connectivity index (χ1) is 15.8. The predicted octanol–water partition coefficient (Wildman–Crippen LogP) is 3.12. The Morgan fingerprint density at radius 2 is 1.61 bits per heavy atom. The number of halogens is 1. The van der Waals surface area contributed by atoms with Gasteiger partial charge in [0.2, 0.25) is 10.0 Å². The fourth-order valence-electron chi connectivity index (χ4n) is 3.73. The fourth-order valence-corrected chi connectivity index (χ4v) is 5.24. The number of nitrogens with zero attached hydrogens (tertiary/aromatic N) is 4. The highest BCUT2D eigenvalue weighted by Gasteiger charge is 2.29. The van der Waals surface area contributed by atoms with E-state index < -0.39 is 15.8 Å². The molecule has 1 aromatic heterocycles. The van der Waals surface area contributed by atoms with Gasteiger partial charge in [-0.25, -0.2) is 12.8 Å². The lowest BCUT2D eigenvalue weighted by Gasteiger charge is -2.34. The molecule has 8 nitrogen and oxygen atoms in total. The van der Waals surface area contributed by atoms with E-state index in [1.54, 1.807) is 21.1 Å². The Morgan fingerprint density at radius 1 is 0.879 bits per heavy atom. The fraction of sp³-hybridized carbons (Fsp3) is 0.304. The molecule has 33 heavy (non-hydrogen) atoms. The summed E-state index contributed by atoms with van der Waals surface area (Å²) in [4.78, 5) is 2.10. The Hall–Kier alpha value is -3.24. The molecule has 0 bridgehead atoms. The molecule has 0 spiro atoms. The van der Waals surface area contributed by atoms with Gasteiger partial charge in [-0.15, -0.1) is 10.2 Å². The maximum absolute atomic E-state index is 13.5. The van der Waals surface area contributed by atoms with Crippen LogP contribution in [0.2, 0.25) is 0 Å². The van der Waals surface area contributed by atoms with E-state index in [4.69, 9.17) is 9.47 Å². The molecule has 1 fully saturated rings. The molecule has 1 saturated heterocycles. The maximum atomic E-state index is 13.5. The van der Waals surface area contributed by atoms with Gasteiger partial charge in [-0.05, 0) is 61.0 Å². The summed E-state index contributed by atoms with van der Waals surface area (Å²) in [6, 6.07) is 13.1. The van der Waals surface area contributed by atoms with Crippen LogP contribution in [0.25, 0.3) is 11.3 Å². The van der Waals surface area contributed by atoms with Gasteiger partial charge in [0.25, 0.3) is 0 Å². The molecule has 174 valence electrons. The zero-order valence-electron chi connectivity index (χ0n) is 18.7. The van der Waals surface area contributed by atoms with Gasteiger partial charge < -0.3 is 14.4 Å². The largest absolute Gasteiger partial charge is 0.493 e. The number of piperazine rings is 1. The average Bonchev–Trinajstić information content (AvgIpc) is 2.85. The number of anilines is 1. The number of benzene rings is 2. The van der Waals surface area contributed by atoms with E-state index in [-0.39, 0.29) is 4.90 Å². The van der Waals surface area contributed by atoms with E-state index in [0.29, 0.717) is 54.8 Å². The van der Waals surface area contributed by atoms with Crippen LogP contribution in [-0.4, -0.2) is 63.3 Å². The normalized spacial score (nSPS) is 14.8. The van der Waals surface area contributed by atoms with Crippen molar-refractivity contribution in [3.05, 3.63) is 59.9 Å². The van der Waals surface area contributed by atoms with Crippen molar-refractivity contribution in [3.63, 3.8) is 0 Å². The molecule has 3 aromatic rings. The summed E-state index contributed by atoms with van der Waals surface area (Å²) in [5.74, 6) is 1.49. The molecule has 1 aliphatic heterocycles. The van der Waals surface area contributed by atoms with Crippen molar-refractivity contribution >= 4 is 15.8 Å². The summed E-state index contributed by atoms with van der Waals surface area (Å²) in [5, 5.41) is 8.67. The number of aromatic nitrogens is 2. The maximum Gasteiger partial charge on any atom is 0.243 e. The Balaban J connectivity index is 1.44. The van der Waals surface area contributed by atoms with Crippen molar-refractivity contribution in [1.82, 2.24) is 14.5 Å². The van der Waals surface area contributed by atoms with Crippen LogP contribution < -0.4 is 14.4 Å². The summed E-state index contributed by atoms with van der Waals surface area (Å²) in [7, 11) is -0.522. The van der Waals surface area contributed by atoms with E-state index in [2.05, 4.69) is 10.2 Å². The molecule has 0 N–H and O–H groups in total. The van der Waals surface area contributed by atoms with Gasteiger partial charge in [-0.3, -0.25) is 0 Å². The van der Waals surface area contributed by atoms with Crippen LogP contribution in [0.1, 0.15) is 5.56 Å². The molecule has 0 radical (unpaired) electrons. The van der Waals surface area contributed by atoms with Gasteiger partial charge in [0.1, 0.15) is 5.82 Å². The number of sulfonamides is 1. The van der Waals surface area contributed by atoms with E-state index in [0.717, 1.165) is 5.56 Å². The number of methoxy groups -OCH3 is 2. The van der Waals surface area contributed by atoms with Crippen LogP contribution in [0.3, 0.4) is 0 Å². The highest BCUT2D eigenvalue weighted by atomic mass is 32.2. The summed E-state index contributed by atoms with van der Waals surface area (Å²) < 4.78 is 51.4. The quantitative estimate of drug-likeness (QED) is 0.545. The minimum absolute atomic E-state index is 0.105. The van der Waals surface area contributed by atoms with Crippen molar-refractivity contribution in [2.75, 3.05) is 45.3 Å². The van der Waals surface area contributed by atoms with Gasteiger partial charge in [0, 0.05) is 31.7 Å². The lowest BCUT2D eigenvalue weighted by Crippen LogP contribution is -2.49. The second-order valence-electron chi connectivity index (χ2n) is 7.65. The van der Waals surface area contributed by atoms with Gasteiger partial charge in [-0.2, -0.15) is 4.31 Å². The summed E-state index contributed by atoms with van der Waals surface area (Å²) >= 11 is 0. The SMILES string of the molecule is COc1ccc(-c2ccc(N3CCN(S(=O)(=O)c4ccc(F)c(C)c4)CC3)nn2)cc1OC. The molecule has 0 unspecified atom stereocenters. The lowest BCUT2D eigenvalue weighted by molar-refractivity contribution is 0.355. The van der Waals surface area contributed by atoms with Crippen molar-refractivity contribution < 1.29 is 22.3 Å². The number of hydrogen-bond acceptors (Lipinski definition) is 7. The first-order valence-electron chi connectivity index (χ1n) is 10.4. The number of hydrogen-bond donors (Lipinski definition) is 0. The lowest BCUT2D eigenvalue weighted by atomic mass is 10.1. The Bertz CT molecular complexity index is 1240. The van der Waals surface area contributed by atoms with Crippen molar-refractivity contribution in [2.24, 2.45) is 0 Å². The molecule has 2 heterocycles. The van der Waals surface area contributed by atoms with Crippen molar-refractivity contribution in [1.29, 1.82) is 0 Å². The first kappa shape index (κ1) is 22.9. The molecular formula is C23H25FN4O4S. The van der Waals surface area contributed by atoms with Crippen LogP contribution in [0, 0.1) is 12.7 Å². The molecule has 10 heteroatoms. The molecule has 0 aliphatic carbocycles. The Kier molecular flexibility index (Phi) is 6.48. The third-order valence-electron chi connectivity index (χ3n) is 5.66. The molecule has 0 saturated carbocycles. The number of rotatable bonds is 6. The smallest absolute Gasteiger partial charge is 0.243 e. The minimum atomic E-state index is -3.68. The zero-order valence-corrected chi connectivity index (χ0v) is 19.5. The summed E-state index contributed by atoms with van der Waals surface area (Å²) in [5.41, 5.74) is 1.84. The van der Waals surface area contributed by atoms with Crippen molar-refractivity contribution in [3.8, 4) is 22.8 Å². The van der Waals surface area contributed by atoms with Crippen LogP contribution in [0.15, 0.2) is 53.4 Å². The number of ether oxygens (including phenoxy) is 2. The standard InChI is InChI=1S/C23H25FN4O4S/c1-16-14-18(5-6-19(16)24)33(29,30)28-12-10-27(11-13-28)23-9-7-20(25-26-23)17-4-8-21(31-2)22(15-17)32-3/h4-9,14-15H,10-13H2,1-3H3. The van der Waals surface area contributed by atoms with Gasteiger partial charge in [-0.1, -0.05) is 0 Å². The number of aryl methyl sites for hydroxylation is 1. The van der Waals surface area contributed by atoms with E-state index >= 15 is 0 Å². The van der Waals surface area contributed by atoms with Crippen LogP contribution in [-0.2, 0) is 10.0 Å².